The normalized spacial score (nSPS) is 24.2. The molecular formula is C19H26N4O. The van der Waals surface area contributed by atoms with E-state index in [0.29, 0.717) is 12.0 Å². The minimum atomic E-state index is 0.179. The van der Waals surface area contributed by atoms with Crippen molar-refractivity contribution in [1.29, 1.82) is 0 Å². The van der Waals surface area contributed by atoms with Crippen molar-refractivity contribution in [2.45, 2.75) is 58.4 Å². The predicted octanol–water partition coefficient (Wildman–Crippen LogP) is 3.38. The molecule has 0 aromatic carbocycles. The largest absolute Gasteiger partial charge is 0.335 e. The van der Waals surface area contributed by atoms with Crippen LogP contribution in [0.15, 0.2) is 6.07 Å². The predicted molar refractivity (Wildman–Crippen MR) is 94.0 cm³/mol. The number of carbonyl (C=O) groups excluding carboxylic acids is 1. The summed E-state index contributed by atoms with van der Waals surface area (Å²) in [5.41, 5.74) is 3.37. The molecule has 0 bridgehead atoms. The molecule has 5 nitrogen and oxygen atoms in total. The molecule has 2 aliphatic rings. The third-order valence-electron chi connectivity index (χ3n) is 5.83. The van der Waals surface area contributed by atoms with E-state index in [-0.39, 0.29) is 5.91 Å². The summed E-state index contributed by atoms with van der Waals surface area (Å²) in [5.74, 6) is 0.878. The van der Waals surface area contributed by atoms with E-state index < -0.39 is 0 Å². The van der Waals surface area contributed by atoms with E-state index in [2.05, 4.69) is 15.0 Å². The Kier molecular flexibility index (Phi) is 3.82. The topological polar surface area (TPSA) is 51.0 Å². The summed E-state index contributed by atoms with van der Waals surface area (Å²) < 4.78 is 1.79. The number of amides is 1. The van der Waals surface area contributed by atoms with Crippen LogP contribution in [-0.2, 0) is 7.05 Å². The maximum absolute atomic E-state index is 13.4. The van der Waals surface area contributed by atoms with Crippen molar-refractivity contribution in [2.24, 2.45) is 13.0 Å². The fraction of sp³-hybridized carbons (Fsp3) is 0.632. The molecule has 2 unspecified atom stereocenters. The molecule has 1 amide bonds. The quantitative estimate of drug-likeness (QED) is 0.807. The van der Waals surface area contributed by atoms with Crippen LogP contribution in [-0.4, -0.2) is 38.2 Å². The molecule has 5 heteroatoms. The molecule has 2 fully saturated rings. The highest BCUT2D eigenvalue weighted by Crippen LogP contribution is 2.36. The van der Waals surface area contributed by atoms with Crippen LogP contribution in [0.1, 0.15) is 60.3 Å². The molecule has 0 N–H and O–H groups in total. The Labute approximate surface area is 143 Å². The zero-order chi connectivity index (χ0) is 16.8. The molecule has 4 rings (SSSR count). The van der Waals surface area contributed by atoms with Gasteiger partial charge in [0.05, 0.1) is 16.6 Å². The van der Waals surface area contributed by atoms with Gasteiger partial charge >= 0.3 is 0 Å². The van der Waals surface area contributed by atoms with E-state index in [1.807, 2.05) is 27.0 Å². The van der Waals surface area contributed by atoms with E-state index in [9.17, 15) is 4.79 Å². The molecule has 2 aromatic heterocycles. The zero-order valence-electron chi connectivity index (χ0n) is 14.9. The first-order chi connectivity index (χ1) is 11.6. The van der Waals surface area contributed by atoms with Gasteiger partial charge in [0.15, 0.2) is 5.65 Å². The highest BCUT2D eigenvalue weighted by atomic mass is 16.2. The number of carbonyl (C=O) groups is 1. The minimum Gasteiger partial charge on any atom is -0.335 e. The van der Waals surface area contributed by atoms with Crippen LogP contribution in [0.4, 0.5) is 0 Å². The third-order valence-corrected chi connectivity index (χ3v) is 5.83. The van der Waals surface area contributed by atoms with Crippen LogP contribution >= 0.6 is 0 Å². The van der Waals surface area contributed by atoms with Crippen LogP contribution < -0.4 is 0 Å². The Hall–Kier alpha value is -1.91. The highest BCUT2D eigenvalue weighted by molar-refractivity contribution is 6.06. The van der Waals surface area contributed by atoms with Gasteiger partial charge < -0.3 is 4.90 Å². The Morgan fingerprint density at radius 2 is 1.92 bits per heavy atom. The molecule has 1 aliphatic carbocycles. The summed E-state index contributed by atoms with van der Waals surface area (Å²) in [6.45, 7) is 4.82. The van der Waals surface area contributed by atoms with Gasteiger partial charge in [-0.25, -0.2) is 4.98 Å². The van der Waals surface area contributed by atoms with Gasteiger partial charge in [-0.2, -0.15) is 5.10 Å². The lowest BCUT2D eigenvalue weighted by atomic mass is 9.78. The van der Waals surface area contributed by atoms with Gasteiger partial charge in [0, 0.05) is 25.3 Å². The molecule has 128 valence electrons. The highest BCUT2D eigenvalue weighted by Gasteiger charge is 2.36. The summed E-state index contributed by atoms with van der Waals surface area (Å²) >= 11 is 0. The monoisotopic (exact) mass is 326 g/mol. The Balaban J connectivity index is 1.78. The second-order valence-corrected chi connectivity index (χ2v) is 7.47. The lowest BCUT2D eigenvalue weighted by molar-refractivity contribution is 0.0392. The van der Waals surface area contributed by atoms with Crippen LogP contribution in [0, 0.1) is 19.8 Å². The van der Waals surface area contributed by atoms with E-state index in [0.717, 1.165) is 47.4 Å². The Morgan fingerprint density at radius 3 is 2.75 bits per heavy atom. The standard InChI is InChI=1S/C19H26N4O/c1-12-11-15(17-13(2)21-22(3)18(17)20-12)19(24)23-10-6-8-14-7-4-5-9-16(14)23/h11,14,16H,4-10H2,1-3H3. The number of nitrogens with zero attached hydrogens (tertiary/aromatic N) is 4. The van der Waals surface area contributed by atoms with E-state index in [1.165, 1.54) is 25.7 Å². The average Bonchev–Trinajstić information content (AvgIpc) is 2.87. The van der Waals surface area contributed by atoms with Crippen molar-refractivity contribution in [3.05, 3.63) is 23.0 Å². The maximum Gasteiger partial charge on any atom is 0.254 e. The molecule has 2 atom stereocenters. The smallest absolute Gasteiger partial charge is 0.254 e. The van der Waals surface area contributed by atoms with Crippen molar-refractivity contribution in [1.82, 2.24) is 19.7 Å². The molecule has 2 aromatic rings. The fourth-order valence-electron chi connectivity index (χ4n) is 4.77. The maximum atomic E-state index is 13.4. The number of fused-ring (bicyclic) bond motifs is 2. The molecule has 0 radical (unpaired) electrons. The molecule has 1 saturated carbocycles. The minimum absolute atomic E-state index is 0.179. The van der Waals surface area contributed by atoms with Gasteiger partial charge in [0.2, 0.25) is 0 Å². The first-order valence-corrected chi connectivity index (χ1v) is 9.18. The first-order valence-electron chi connectivity index (χ1n) is 9.18. The Bertz CT molecular complexity index is 792. The van der Waals surface area contributed by atoms with E-state index in [1.54, 1.807) is 4.68 Å². The van der Waals surface area contributed by atoms with Crippen molar-refractivity contribution < 1.29 is 4.79 Å². The summed E-state index contributed by atoms with van der Waals surface area (Å²) in [6, 6.07) is 2.38. The number of aryl methyl sites for hydroxylation is 3. The van der Waals surface area contributed by atoms with Gasteiger partial charge in [0.25, 0.3) is 5.91 Å². The second-order valence-electron chi connectivity index (χ2n) is 7.47. The Morgan fingerprint density at radius 1 is 1.17 bits per heavy atom. The van der Waals surface area contributed by atoms with Crippen molar-refractivity contribution in [3.8, 4) is 0 Å². The number of aromatic nitrogens is 3. The van der Waals surface area contributed by atoms with Crippen LogP contribution in [0.3, 0.4) is 0 Å². The molecular weight excluding hydrogens is 300 g/mol. The average molecular weight is 326 g/mol. The summed E-state index contributed by atoms with van der Waals surface area (Å²) in [5, 5.41) is 5.41. The van der Waals surface area contributed by atoms with Crippen molar-refractivity contribution >= 4 is 16.9 Å². The number of pyridine rings is 1. The summed E-state index contributed by atoms with van der Waals surface area (Å²) in [4.78, 5) is 20.2. The summed E-state index contributed by atoms with van der Waals surface area (Å²) in [6.07, 6.45) is 7.43. The molecule has 0 spiro atoms. The summed E-state index contributed by atoms with van der Waals surface area (Å²) in [7, 11) is 1.90. The van der Waals surface area contributed by atoms with Crippen LogP contribution in [0.2, 0.25) is 0 Å². The van der Waals surface area contributed by atoms with Gasteiger partial charge in [-0.15, -0.1) is 0 Å². The van der Waals surface area contributed by atoms with Crippen LogP contribution in [0.25, 0.3) is 11.0 Å². The number of likely N-dealkylation sites (tertiary alicyclic amines) is 1. The van der Waals surface area contributed by atoms with Gasteiger partial charge in [0.1, 0.15) is 0 Å². The lowest BCUT2D eigenvalue weighted by Gasteiger charge is -2.44. The van der Waals surface area contributed by atoms with Crippen molar-refractivity contribution in [2.75, 3.05) is 6.54 Å². The second kappa shape index (κ2) is 5.87. The molecule has 1 saturated heterocycles. The third kappa shape index (κ3) is 2.41. The molecule has 3 heterocycles. The number of rotatable bonds is 1. The molecule has 24 heavy (non-hydrogen) atoms. The fourth-order valence-corrected chi connectivity index (χ4v) is 4.77. The van der Waals surface area contributed by atoms with Crippen LogP contribution in [0.5, 0.6) is 0 Å². The van der Waals surface area contributed by atoms with Gasteiger partial charge in [-0.05, 0) is 51.5 Å². The zero-order valence-corrected chi connectivity index (χ0v) is 14.9. The van der Waals surface area contributed by atoms with Gasteiger partial charge in [-0.3, -0.25) is 9.48 Å². The van der Waals surface area contributed by atoms with E-state index >= 15 is 0 Å². The van der Waals surface area contributed by atoms with Gasteiger partial charge in [-0.1, -0.05) is 12.8 Å². The van der Waals surface area contributed by atoms with Crippen molar-refractivity contribution in [3.63, 3.8) is 0 Å². The van der Waals surface area contributed by atoms with E-state index in [4.69, 9.17) is 0 Å². The molecule has 1 aliphatic heterocycles. The number of hydrogen-bond donors (Lipinski definition) is 0. The first kappa shape index (κ1) is 15.6. The number of piperidine rings is 1. The lowest BCUT2D eigenvalue weighted by Crippen LogP contribution is -2.49. The number of hydrogen-bond acceptors (Lipinski definition) is 3. The SMILES string of the molecule is Cc1cc(C(=O)N2CCCC3CCCCC32)c2c(C)nn(C)c2n1.